The second-order valence-corrected chi connectivity index (χ2v) is 4.91. The summed E-state index contributed by atoms with van der Waals surface area (Å²) < 4.78 is 19.6. The molecule has 1 aromatic rings. The summed E-state index contributed by atoms with van der Waals surface area (Å²) >= 11 is 3.19. The van der Waals surface area contributed by atoms with Gasteiger partial charge in [0.2, 0.25) is 0 Å². The number of nitrogens with two attached hydrogens (primary N) is 1. The second kappa shape index (κ2) is 3.46. The molecule has 15 heavy (non-hydrogen) atoms. The minimum Gasteiger partial charge on any atom is -0.496 e. The summed E-state index contributed by atoms with van der Waals surface area (Å²) in [5.41, 5.74) is 6.93. The molecule has 82 valence electrons. The summed E-state index contributed by atoms with van der Waals surface area (Å²) in [6.07, 6.45) is 1.63. The van der Waals surface area contributed by atoms with Gasteiger partial charge >= 0.3 is 0 Å². The summed E-state index contributed by atoms with van der Waals surface area (Å²) in [7, 11) is 1.55. The van der Waals surface area contributed by atoms with Crippen LogP contribution in [0, 0.1) is 12.7 Å². The molecule has 0 amide bonds. The average Bonchev–Trinajstić information content (AvgIpc) is 2.90. The van der Waals surface area contributed by atoms with Gasteiger partial charge in [0.05, 0.1) is 17.1 Å². The quantitative estimate of drug-likeness (QED) is 0.900. The summed E-state index contributed by atoms with van der Waals surface area (Å²) in [6, 6.07) is 1.71. The molecule has 0 saturated heterocycles. The molecular formula is C11H13BrFNO. The van der Waals surface area contributed by atoms with Crippen LogP contribution in [-0.4, -0.2) is 7.11 Å². The van der Waals surface area contributed by atoms with E-state index in [4.69, 9.17) is 10.5 Å². The van der Waals surface area contributed by atoms with Gasteiger partial charge in [0.15, 0.2) is 0 Å². The number of halogens is 2. The fourth-order valence-electron chi connectivity index (χ4n) is 1.83. The molecule has 2 nitrogen and oxygen atoms in total. The Hall–Kier alpha value is -0.610. The van der Waals surface area contributed by atoms with Crippen LogP contribution >= 0.6 is 15.9 Å². The van der Waals surface area contributed by atoms with E-state index in [2.05, 4.69) is 15.9 Å². The number of ether oxygens (including phenoxy) is 1. The maximum atomic E-state index is 14.0. The zero-order valence-corrected chi connectivity index (χ0v) is 10.3. The fraction of sp³-hybridized carbons (Fsp3) is 0.455. The van der Waals surface area contributed by atoms with E-state index < -0.39 is 5.54 Å². The van der Waals surface area contributed by atoms with E-state index in [1.54, 1.807) is 13.2 Å². The van der Waals surface area contributed by atoms with Gasteiger partial charge < -0.3 is 10.5 Å². The average molecular weight is 274 g/mol. The fourth-order valence-corrected chi connectivity index (χ4v) is 2.37. The topological polar surface area (TPSA) is 35.2 Å². The molecule has 1 aliphatic rings. The first-order valence-corrected chi connectivity index (χ1v) is 5.61. The lowest BCUT2D eigenvalue weighted by atomic mass is 10.0. The molecule has 2 rings (SSSR count). The van der Waals surface area contributed by atoms with Gasteiger partial charge in [-0.2, -0.15) is 0 Å². The van der Waals surface area contributed by atoms with Crippen molar-refractivity contribution in [2.45, 2.75) is 25.3 Å². The van der Waals surface area contributed by atoms with Crippen LogP contribution in [0.5, 0.6) is 5.75 Å². The standard InChI is InChI=1S/C11H13BrFNO/c1-6-5-7(12)9(13)8(10(6)15-2)11(14)3-4-11/h5H,3-4,14H2,1-2H3. The van der Waals surface area contributed by atoms with Crippen molar-refractivity contribution in [2.24, 2.45) is 5.73 Å². The van der Waals surface area contributed by atoms with Crippen LogP contribution in [0.2, 0.25) is 0 Å². The Bertz CT molecular complexity index is 416. The molecule has 1 aromatic carbocycles. The molecule has 1 saturated carbocycles. The highest BCUT2D eigenvalue weighted by molar-refractivity contribution is 9.10. The highest BCUT2D eigenvalue weighted by Gasteiger charge is 2.45. The Morgan fingerprint density at radius 2 is 2.13 bits per heavy atom. The largest absolute Gasteiger partial charge is 0.496 e. The molecule has 4 heteroatoms. The molecule has 1 aliphatic carbocycles. The van der Waals surface area contributed by atoms with Crippen LogP contribution in [0.3, 0.4) is 0 Å². The highest BCUT2D eigenvalue weighted by atomic mass is 79.9. The van der Waals surface area contributed by atoms with E-state index in [0.717, 1.165) is 18.4 Å². The van der Waals surface area contributed by atoms with E-state index >= 15 is 0 Å². The lowest BCUT2D eigenvalue weighted by molar-refractivity contribution is 0.393. The maximum Gasteiger partial charge on any atom is 0.146 e. The molecule has 0 aromatic heterocycles. The van der Waals surface area contributed by atoms with Crippen LogP contribution in [0.4, 0.5) is 4.39 Å². The normalized spacial score (nSPS) is 17.7. The lowest BCUT2D eigenvalue weighted by Gasteiger charge is -2.18. The van der Waals surface area contributed by atoms with E-state index in [9.17, 15) is 4.39 Å². The Labute approximate surface area is 96.7 Å². The summed E-state index contributed by atoms with van der Waals surface area (Å²) in [4.78, 5) is 0. The lowest BCUT2D eigenvalue weighted by Crippen LogP contribution is -2.22. The monoisotopic (exact) mass is 273 g/mol. The van der Waals surface area contributed by atoms with Crippen molar-refractivity contribution < 1.29 is 9.13 Å². The highest BCUT2D eigenvalue weighted by Crippen LogP contribution is 2.49. The third-order valence-electron chi connectivity index (χ3n) is 2.85. The number of hydrogen-bond acceptors (Lipinski definition) is 2. The summed E-state index contributed by atoms with van der Waals surface area (Å²) in [5, 5.41) is 0. The van der Waals surface area contributed by atoms with E-state index in [0.29, 0.717) is 15.8 Å². The molecule has 0 bridgehead atoms. The van der Waals surface area contributed by atoms with E-state index in [-0.39, 0.29) is 5.82 Å². The van der Waals surface area contributed by atoms with Crippen molar-refractivity contribution >= 4 is 15.9 Å². The van der Waals surface area contributed by atoms with Gasteiger partial charge in [-0.3, -0.25) is 0 Å². The van der Waals surface area contributed by atoms with Gasteiger partial charge in [0.25, 0.3) is 0 Å². The zero-order valence-electron chi connectivity index (χ0n) is 8.73. The van der Waals surface area contributed by atoms with Crippen molar-refractivity contribution in [1.29, 1.82) is 0 Å². The number of benzene rings is 1. The minimum absolute atomic E-state index is 0.294. The van der Waals surface area contributed by atoms with Gasteiger partial charge in [-0.05, 0) is 47.3 Å². The van der Waals surface area contributed by atoms with Gasteiger partial charge in [-0.1, -0.05) is 0 Å². The van der Waals surface area contributed by atoms with Crippen molar-refractivity contribution in [3.8, 4) is 5.75 Å². The molecule has 0 unspecified atom stereocenters. The molecule has 0 radical (unpaired) electrons. The summed E-state index contributed by atoms with van der Waals surface area (Å²) in [6.45, 7) is 1.89. The van der Waals surface area contributed by atoms with Crippen LogP contribution in [0.15, 0.2) is 10.5 Å². The Morgan fingerprint density at radius 3 is 2.60 bits per heavy atom. The second-order valence-electron chi connectivity index (χ2n) is 4.05. The molecule has 0 heterocycles. The SMILES string of the molecule is COc1c(C)cc(Br)c(F)c1C1(N)CC1. The maximum absolute atomic E-state index is 14.0. The Morgan fingerprint density at radius 1 is 1.53 bits per heavy atom. The number of methoxy groups -OCH3 is 1. The predicted octanol–water partition coefficient (Wildman–Crippen LogP) is 2.85. The Balaban J connectivity index is 2.68. The van der Waals surface area contributed by atoms with Crippen LogP contribution in [-0.2, 0) is 5.54 Å². The minimum atomic E-state index is -0.524. The third kappa shape index (κ3) is 1.66. The molecule has 2 N–H and O–H groups in total. The molecule has 0 spiro atoms. The van der Waals surface area contributed by atoms with Crippen molar-refractivity contribution in [3.05, 3.63) is 27.5 Å². The van der Waals surface area contributed by atoms with Crippen molar-refractivity contribution in [2.75, 3.05) is 7.11 Å². The predicted molar refractivity (Wildman–Crippen MR) is 60.5 cm³/mol. The molecule has 1 fully saturated rings. The van der Waals surface area contributed by atoms with Gasteiger partial charge in [0, 0.05) is 5.54 Å². The number of aryl methyl sites for hydroxylation is 1. The van der Waals surface area contributed by atoms with Gasteiger partial charge in [0.1, 0.15) is 11.6 Å². The summed E-state index contributed by atoms with van der Waals surface area (Å²) in [5.74, 6) is 0.285. The number of rotatable bonds is 2. The van der Waals surface area contributed by atoms with Crippen LogP contribution in [0.1, 0.15) is 24.0 Å². The molecule has 0 aliphatic heterocycles. The van der Waals surface area contributed by atoms with Crippen molar-refractivity contribution in [1.82, 2.24) is 0 Å². The van der Waals surface area contributed by atoms with E-state index in [1.165, 1.54) is 0 Å². The molecular weight excluding hydrogens is 261 g/mol. The van der Waals surface area contributed by atoms with Gasteiger partial charge in [-0.25, -0.2) is 4.39 Å². The first-order chi connectivity index (χ1) is 6.99. The first kappa shape index (κ1) is 10.9. The Kier molecular flexibility index (Phi) is 2.51. The van der Waals surface area contributed by atoms with Crippen LogP contribution < -0.4 is 10.5 Å². The van der Waals surface area contributed by atoms with E-state index in [1.807, 2.05) is 6.92 Å². The van der Waals surface area contributed by atoms with Gasteiger partial charge in [-0.15, -0.1) is 0 Å². The molecule has 0 atom stereocenters. The van der Waals surface area contributed by atoms with Crippen molar-refractivity contribution in [3.63, 3.8) is 0 Å². The number of hydrogen-bond donors (Lipinski definition) is 1. The smallest absolute Gasteiger partial charge is 0.146 e. The first-order valence-electron chi connectivity index (χ1n) is 4.81. The zero-order chi connectivity index (χ0) is 11.2. The third-order valence-corrected chi connectivity index (χ3v) is 3.43. The van der Waals surface area contributed by atoms with Crippen LogP contribution in [0.25, 0.3) is 0 Å².